The molecule has 6 heteroatoms. The molecule has 2 aromatic carbocycles. The topological polar surface area (TPSA) is 66.0 Å². The molecule has 0 aliphatic carbocycles. The summed E-state index contributed by atoms with van der Waals surface area (Å²) in [5, 5.41) is 2.79. The summed E-state index contributed by atoms with van der Waals surface area (Å²) in [6.45, 7) is 0.372. The molecular weight excluding hydrogens is 286 g/mol. The Bertz CT molecular complexity index is 730. The van der Waals surface area contributed by atoms with E-state index in [4.69, 9.17) is 18.9 Å². The second-order valence-corrected chi connectivity index (χ2v) is 4.92. The predicted molar refractivity (Wildman–Crippen MR) is 77.5 cm³/mol. The quantitative estimate of drug-likeness (QED) is 0.921. The average molecular weight is 299 g/mol. The summed E-state index contributed by atoms with van der Waals surface area (Å²) in [4.78, 5) is 12.3. The number of carbonyl (C=O) groups excluding carboxylic acids is 1. The SMILES string of the molecule is O=C(Nc1ccc2c(c1)OCO2)[C@@H]1COc2ccccc2O1. The van der Waals surface area contributed by atoms with Gasteiger partial charge in [-0.1, -0.05) is 12.1 Å². The van der Waals surface area contributed by atoms with Gasteiger partial charge < -0.3 is 24.3 Å². The van der Waals surface area contributed by atoms with Crippen LogP contribution in [0.4, 0.5) is 5.69 Å². The smallest absolute Gasteiger partial charge is 0.269 e. The van der Waals surface area contributed by atoms with Gasteiger partial charge in [-0.05, 0) is 24.3 Å². The predicted octanol–water partition coefficient (Wildman–Crippen LogP) is 2.19. The van der Waals surface area contributed by atoms with Crippen LogP contribution in [0.3, 0.4) is 0 Å². The van der Waals surface area contributed by atoms with Gasteiger partial charge >= 0.3 is 0 Å². The van der Waals surface area contributed by atoms with Crippen molar-refractivity contribution < 1.29 is 23.7 Å². The molecule has 2 aromatic rings. The molecule has 1 amide bonds. The van der Waals surface area contributed by atoms with Gasteiger partial charge in [-0.25, -0.2) is 0 Å². The largest absolute Gasteiger partial charge is 0.485 e. The highest BCUT2D eigenvalue weighted by Crippen LogP contribution is 2.35. The van der Waals surface area contributed by atoms with Crippen LogP contribution in [0, 0.1) is 0 Å². The van der Waals surface area contributed by atoms with Gasteiger partial charge in [-0.15, -0.1) is 0 Å². The van der Waals surface area contributed by atoms with E-state index in [1.807, 2.05) is 12.1 Å². The number of hydrogen-bond donors (Lipinski definition) is 1. The number of ether oxygens (including phenoxy) is 4. The fourth-order valence-corrected chi connectivity index (χ4v) is 2.35. The molecular formula is C16H13NO5. The monoisotopic (exact) mass is 299 g/mol. The maximum Gasteiger partial charge on any atom is 0.269 e. The lowest BCUT2D eigenvalue weighted by molar-refractivity contribution is -0.125. The number of carbonyl (C=O) groups is 1. The van der Waals surface area contributed by atoms with Crippen molar-refractivity contribution in [2.24, 2.45) is 0 Å². The summed E-state index contributed by atoms with van der Waals surface area (Å²) >= 11 is 0. The third kappa shape index (κ3) is 2.28. The molecule has 0 aromatic heterocycles. The van der Waals surface area contributed by atoms with Gasteiger partial charge in [0.1, 0.15) is 6.61 Å². The standard InChI is InChI=1S/C16H13NO5/c18-16(15-8-19-11-3-1-2-4-13(11)22-15)17-10-5-6-12-14(7-10)21-9-20-12/h1-7,15H,8-9H2,(H,17,18)/t15-/m0/s1. The van der Waals surface area contributed by atoms with Gasteiger partial charge in [0.05, 0.1) is 0 Å². The molecule has 0 saturated heterocycles. The maximum atomic E-state index is 12.3. The second kappa shape index (κ2) is 5.14. The highest BCUT2D eigenvalue weighted by atomic mass is 16.7. The van der Waals surface area contributed by atoms with Crippen LogP contribution in [0.5, 0.6) is 23.0 Å². The van der Waals surface area contributed by atoms with Crippen molar-refractivity contribution in [2.75, 3.05) is 18.7 Å². The maximum absolute atomic E-state index is 12.3. The molecule has 0 spiro atoms. The van der Waals surface area contributed by atoms with Crippen LogP contribution in [0.25, 0.3) is 0 Å². The Kier molecular flexibility index (Phi) is 3.00. The Morgan fingerprint density at radius 2 is 1.73 bits per heavy atom. The Morgan fingerprint density at radius 1 is 0.955 bits per heavy atom. The molecule has 0 bridgehead atoms. The molecule has 4 rings (SSSR count). The first-order chi connectivity index (χ1) is 10.8. The molecule has 22 heavy (non-hydrogen) atoms. The molecule has 2 aliphatic heterocycles. The first-order valence-corrected chi connectivity index (χ1v) is 6.88. The zero-order valence-electron chi connectivity index (χ0n) is 11.6. The first-order valence-electron chi connectivity index (χ1n) is 6.88. The van der Waals surface area contributed by atoms with E-state index in [2.05, 4.69) is 5.32 Å². The zero-order chi connectivity index (χ0) is 14.9. The highest BCUT2D eigenvalue weighted by molar-refractivity contribution is 5.95. The van der Waals surface area contributed by atoms with Gasteiger partial charge in [0.15, 0.2) is 23.0 Å². The van der Waals surface area contributed by atoms with Crippen LogP contribution in [0.2, 0.25) is 0 Å². The van der Waals surface area contributed by atoms with Crippen molar-refractivity contribution >= 4 is 11.6 Å². The van der Waals surface area contributed by atoms with Crippen LogP contribution < -0.4 is 24.3 Å². The molecule has 0 fully saturated rings. The van der Waals surface area contributed by atoms with Gasteiger partial charge in [0, 0.05) is 11.8 Å². The molecule has 112 valence electrons. The van der Waals surface area contributed by atoms with E-state index in [1.54, 1.807) is 30.3 Å². The Morgan fingerprint density at radius 3 is 2.64 bits per heavy atom. The van der Waals surface area contributed by atoms with Crippen molar-refractivity contribution in [1.82, 2.24) is 0 Å². The van der Waals surface area contributed by atoms with Crippen LogP contribution in [-0.4, -0.2) is 25.4 Å². The number of amides is 1. The fourth-order valence-electron chi connectivity index (χ4n) is 2.35. The van der Waals surface area contributed by atoms with Gasteiger partial charge in [0.25, 0.3) is 5.91 Å². The van der Waals surface area contributed by atoms with E-state index >= 15 is 0 Å². The van der Waals surface area contributed by atoms with E-state index in [0.29, 0.717) is 28.7 Å². The van der Waals surface area contributed by atoms with Crippen molar-refractivity contribution in [3.8, 4) is 23.0 Å². The van der Waals surface area contributed by atoms with Gasteiger partial charge in [-0.3, -0.25) is 4.79 Å². The lowest BCUT2D eigenvalue weighted by atomic mass is 10.2. The minimum absolute atomic E-state index is 0.174. The first kappa shape index (κ1) is 12.8. The minimum Gasteiger partial charge on any atom is -0.485 e. The third-order valence-corrected chi connectivity index (χ3v) is 3.44. The van der Waals surface area contributed by atoms with Crippen LogP contribution in [0.15, 0.2) is 42.5 Å². The van der Waals surface area contributed by atoms with Crippen molar-refractivity contribution in [3.05, 3.63) is 42.5 Å². The third-order valence-electron chi connectivity index (χ3n) is 3.44. The number of para-hydroxylation sites is 2. The average Bonchev–Trinajstić information content (AvgIpc) is 3.02. The number of anilines is 1. The van der Waals surface area contributed by atoms with Crippen LogP contribution >= 0.6 is 0 Å². The normalized spacial score (nSPS) is 17.9. The summed E-state index contributed by atoms with van der Waals surface area (Å²) in [5.41, 5.74) is 0.622. The van der Waals surface area contributed by atoms with Crippen molar-refractivity contribution in [1.29, 1.82) is 0 Å². The van der Waals surface area contributed by atoms with Gasteiger partial charge in [0.2, 0.25) is 12.9 Å². The molecule has 2 aliphatic rings. The van der Waals surface area contributed by atoms with E-state index in [-0.39, 0.29) is 19.3 Å². The molecule has 0 radical (unpaired) electrons. The summed E-state index contributed by atoms with van der Waals surface area (Å²) in [6.07, 6.45) is -0.694. The molecule has 0 unspecified atom stereocenters. The lowest BCUT2D eigenvalue weighted by Crippen LogP contribution is -2.40. The minimum atomic E-state index is -0.694. The van der Waals surface area contributed by atoms with E-state index < -0.39 is 6.10 Å². The van der Waals surface area contributed by atoms with E-state index in [9.17, 15) is 4.79 Å². The Labute approximate surface area is 126 Å². The molecule has 2 heterocycles. The van der Waals surface area contributed by atoms with Gasteiger partial charge in [-0.2, -0.15) is 0 Å². The molecule has 1 N–H and O–H groups in total. The fraction of sp³-hybridized carbons (Fsp3) is 0.188. The number of benzene rings is 2. The number of hydrogen-bond acceptors (Lipinski definition) is 5. The number of rotatable bonds is 2. The van der Waals surface area contributed by atoms with Crippen LogP contribution in [-0.2, 0) is 4.79 Å². The van der Waals surface area contributed by atoms with Crippen molar-refractivity contribution in [2.45, 2.75) is 6.10 Å². The lowest BCUT2D eigenvalue weighted by Gasteiger charge is -2.25. The summed E-state index contributed by atoms with van der Waals surface area (Å²) in [6, 6.07) is 12.5. The van der Waals surface area contributed by atoms with E-state index in [0.717, 1.165) is 0 Å². The van der Waals surface area contributed by atoms with Crippen molar-refractivity contribution in [3.63, 3.8) is 0 Å². The zero-order valence-corrected chi connectivity index (χ0v) is 11.6. The number of nitrogens with one attached hydrogen (secondary N) is 1. The van der Waals surface area contributed by atoms with Crippen LogP contribution in [0.1, 0.15) is 0 Å². The number of fused-ring (bicyclic) bond motifs is 2. The Balaban J connectivity index is 1.47. The molecule has 0 saturated carbocycles. The highest BCUT2D eigenvalue weighted by Gasteiger charge is 2.27. The Hall–Kier alpha value is -2.89. The molecule has 1 atom stereocenters. The van der Waals surface area contributed by atoms with E-state index in [1.165, 1.54) is 0 Å². The summed E-state index contributed by atoms with van der Waals surface area (Å²) in [5.74, 6) is 2.23. The summed E-state index contributed by atoms with van der Waals surface area (Å²) < 4.78 is 21.7. The summed E-state index contributed by atoms with van der Waals surface area (Å²) in [7, 11) is 0. The second-order valence-electron chi connectivity index (χ2n) is 4.92. The molecule has 6 nitrogen and oxygen atoms in total.